The van der Waals surface area contributed by atoms with Crippen molar-refractivity contribution in [2.24, 2.45) is 7.05 Å². The van der Waals surface area contributed by atoms with Crippen molar-refractivity contribution < 1.29 is 14.6 Å². The number of carbonyl (C=O) groups is 1. The van der Waals surface area contributed by atoms with Crippen molar-refractivity contribution in [3.05, 3.63) is 48.0 Å². The van der Waals surface area contributed by atoms with Crippen LogP contribution in [0.3, 0.4) is 0 Å². The molecule has 0 bridgehead atoms. The van der Waals surface area contributed by atoms with Gasteiger partial charge in [0.1, 0.15) is 11.6 Å². The smallest absolute Gasteiger partial charge is 0.335 e. The van der Waals surface area contributed by atoms with Gasteiger partial charge in [0, 0.05) is 25.9 Å². The average Bonchev–Trinajstić information content (AvgIpc) is 2.76. The van der Waals surface area contributed by atoms with E-state index in [9.17, 15) is 4.79 Å². The number of benzene rings is 1. The number of aryl methyl sites for hydroxylation is 1. The molecule has 18 heavy (non-hydrogen) atoms. The predicted octanol–water partition coefficient (Wildman–Crippen LogP) is 1.74. The fourth-order valence-electron chi connectivity index (χ4n) is 1.59. The van der Waals surface area contributed by atoms with Gasteiger partial charge in [0.15, 0.2) is 0 Å². The minimum atomic E-state index is -0.936. The maximum absolute atomic E-state index is 10.7. The molecule has 0 fully saturated rings. The molecule has 2 rings (SSSR count). The Bertz CT molecular complexity index is 531. The Morgan fingerprint density at radius 2 is 2.11 bits per heavy atom. The van der Waals surface area contributed by atoms with Crippen LogP contribution in [0.2, 0.25) is 0 Å². The van der Waals surface area contributed by atoms with E-state index in [1.165, 1.54) is 12.1 Å². The molecule has 0 aliphatic rings. The molecular weight excluding hydrogens is 232 g/mol. The van der Waals surface area contributed by atoms with Crippen LogP contribution >= 0.6 is 0 Å². The minimum Gasteiger partial charge on any atom is -0.493 e. The maximum atomic E-state index is 10.7. The molecule has 0 saturated heterocycles. The lowest BCUT2D eigenvalue weighted by Gasteiger charge is -2.06. The number of nitrogens with zero attached hydrogens (tertiary/aromatic N) is 2. The molecule has 0 aliphatic carbocycles. The molecule has 5 heteroatoms. The van der Waals surface area contributed by atoms with Crippen molar-refractivity contribution in [3.8, 4) is 5.75 Å². The first kappa shape index (κ1) is 12.2. The summed E-state index contributed by atoms with van der Waals surface area (Å²) < 4.78 is 7.46. The lowest BCUT2D eigenvalue weighted by Crippen LogP contribution is -2.06. The molecule has 94 valence electrons. The summed E-state index contributed by atoms with van der Waals surface area (Å²) in [5.41, 5.74) is 0.256. The third kappa shape index (κ3) is 2.88. The summed E-state index contributed by atoms with van der Waals surface area (Å²) in [6.45, 7) is 0.511. The van der Waals surface area contributed by atoms with Gasteiger partial charge in [0.25, 0.3) is 0 Å². The van der Waals surface area contributed by atoms with Crippen molar-refractivity contribution >= 4 is 5.97 Å². The molecular formula is C13H14N2O3. The minimum absolute atomic E-state index is 0.256. The predicted molar refractivity (Wildman–Crippen MR) is 65.8 cm³/mol. The highest BCUT2D eigenvalue weighted by molar-refractivity contribution is 5.87. The number of ether oxygens (including phenoxy) is 1. The standard InChI is InChI=1S/C13H14N2O3/c1-15-8-7-14-12(15)6-9-18-11-4-2-10(3-5-11)13(16)17/h2-5,7-8H,6,9H2,1H3,(H,16,17). The summed E-state index contributed by atoms with van der Waals surface area (Å²) in [6, 6.07) is 6.36. The third-order valence-electron chi connectivity index (χ3n) is 2.62. The quantitative estimate of drug-likeness (QED) is 0.872. The summed E-state index contributed by atoms with van der Waals surface area (Å²) in [5, 5.41) is 8.76. The van der Waals surface area contributed by atoms with Gasteiger partial charge in [-0.05, 0) is 24.3 Å². The highest BCUT2D eigenvalue weighted by Crippen LogP contribution is 2.12. The second-order valence-corrected chi connectivity index (χ2v) is 3.88. The third-order valence-corrected chi connectivity index (χ3v) is 2.62. The van der Waals surface area contributed by atoms with E-state index in [-0.39, 0.29) is 5.56 Å². The highest BCUT2D eigenvalue weighted by Gasteiger charge is 2.03. The molecule has 0 amide bonds. The van der Waals surface area contributed by atoms with E-state index in [4.69, 9.17) is 9.84 Å². The average molecular weight is 246 g/mol. The number of carboxylic acid groups (broad SMARTS) is 1. The largest absolute Gasteiger partial charge is 0.493 e. The lowest BCUT2D eigenvalue weighted by molar-refractivity contribution is 0.0697. The van der Waals surface area contributed by atoms with Crippen molar-refractivity contribution in [2.45, 2.75) is 6.42 Å². The summed E-state index contributed by atoms with van der Waals surface area (Å²) in [5.74, 6) is 0.681. The van der Waals surface area contributed by atoms with Gasteiger partial charge in [-0.1, -0.05) is 0 Å². The van der Waals surface area contributed by atoms with Crippen LogP contribution in [0.4, 0.5) is 0 Å². The molecule has 2 aromatic rings. The fraction of sp³-hybridized carbons (Fsp3) is 0.231. The number of aromatic nitrogens is 2. The SMILES string of the molecule is Cn1ccnc1CCOc1ccc(C(=O)O)cc1. The van der Waals surface area contributed by atoms with E-state index >= 15 is 0 Å². The molecule has 1 N–H and O–H groups in total. The van der Waals surface area contributed by atoms with Crippen molar-refractivity contribution in [1.82, 2.24) is 9.55 Å². The van der Waals surface area contributed by atoms with Crippen molar-refractivity contribution in [1.29, 1.82) is 0 Å². The first-order valence-corrected chi connectivity index (χ1v) is 5.59. The summed E-state index contributed by atoms with van der Waals surface area (Å²) in [7, 11) is 1.93. The Balaban J connectivity index is 1.87. The van der Waals surface area contributed by atoms with E-state index in [0.29, 0.717) is 18.8 Å². The Kier molecular flexibility index (Phi) is 3.62. The molecule has 1 aromatic heterocycles. The molecule has 0 radical (unpaired) electrons. The van der Waals surface area contributed by atoms with Crippen LogP contribution in [0.1, 0.15) is 16.2 Å². The van der Waals surface area contributed by atoms with Crippen LogP contribution in [0.15, 0.2) is 36.7 Å². The first-order valence-electron chi connectivity index (χ1n) is 5.59. The Hall–Kier alpha value is -2.30. The summed E-state index contributed by atoms with van der Waals surface area (Å²) >= 11 is 0. The second-order valence-electron chi connectivity index (χ2n) is 3.88. The highest BCUT2D eigenvalue weighted by atomic mass is 16.5. The van der Waals surface area contributed by atoms with Gasteiger partial charge in [-0.3, -0.25) is 0 Å². The monoisotopic (exact) mass is 246 g/mol. The normalized spacial score (nSPS) is 10.3. The van der Waals surface area contributed by atoms with Crippen molar-refractivity contribution in [2.75, 3.05) is 6.61 Å². The van der Waals surface area contributed by atoms with E-state index in [2.05, 4.69) is 4.98 Å². The van der Waals surface area contributed by atoms with Gasteiger partial charge in [-0.25, -0.2) is 9.78 Å². The molecule has 0 saturated carbocycles. The van der Waals surface area contributed by atoms with E-state index in [0.717, 1.165) is 5.82 Å². The summed E-state index contributed by atoms with van der Waals surface area (Å²) in [6.07, 6.45) is 4.35. The lowest BCUT2D eigenvalue weighted by atomic mass is 10.2. The molecule has 0 unspecified atom stereocenters. The van der Waals surface area contributed by atoms with Crippen molar-refractivity contribution in [3.63, 3.8) is 0 Å². The van der Waals surface area contributed by atoms with Gasteiger partial charge in [0.05, 0.1) is 12.2 Å². The fourth-order valence-corrected chi connectivity index (χ4v) is 1.59. The number of aromatic carboxylic acids is 1. The van der Waals surface area contributed by atoms with E-state index in [1.807, 2.05) is 17.8 Å². The van der Waals surface area contributed by atoms with Crippen LogP contribution < -0.4 is 4.74 Å². The topological polar surface area (TPSA) is 64.4 Å². The van der Waals surface area contributed by atoms with Crippen LogP contribution in [0.5, 0.6) is 5.75 Å². The molecule has 0 atom stereocenters. The van der Waals surface area contributed by atoms with Gasteiger partial charge in [0.2, 0.25) is 0 Å². The van der Waals surface area contributed by atoms with Gasteiger partial charge < -0.3 is 14.4 Å². The molecule has 1 aromatic carbocycles. The molecule has 1 heterocycles. The number of hydrogen-bond donors (Lipinski definition) is 1. The number of imidazole rings is 1. The molecule has 5 nitrogen and oxygen atoms in total. The zero-order valence-electron chi connectivity index (χ0n) is 10.0. The van der Waals surface area contributed by atoms with Gasteiger partial charge in [-0.2, -0.15) is 0 Å². The number of rotatable bonds is 5. The molecule has 0 aliphatic heterocycles. The zero-order valence-corrected chi connectivity index (χ0v) is 10.0. The summed E-state index contributed by atoms with van der Waals surface area (Å²) in [4.78, 5) is 14.9. The Morgan fingerprint density at radius 1 is 1.39 bits per heavy atom. The van der Waals surface area contributed by atoms with E-state index in [1.54, 1.807) is 18.3 Å². The van der Waals surface area contributed by atoms with Crippen LogP contribution in [-0.2, 0) is 13.5 Å². The zero-order chi connectivity index (χ0) is 13.0. The van der Waals surface area contributed by atoms with Crippen LogP contribution in [0.25, 0.3) is 0 Å². The van der Waals surface area contributed by atoms with E-state index < -0.39 is 5.97 Å². The Morgan fingerprint density at radius 3 is 2.67 bits per heavy atom. The molecule has 0 spiro atoms. The maximum Gasteiger partial charge on any atom is 0.335 e. The number of hydrogen-bond acceptors (Lipinski definition) is 3. The number of carboxylic acids is 1. The van der Waals surface area contributed by atoms with Crippen LogP contribution in [-0.4, -0.2) is 27.2 Å². The van der Waals surface area contributed by atoms with Gasteiger partial charge >= 0.3 is 5.97 Å². The second kappa shape index (κ2) is 5.35. The van der Waals surface area contributed by atoms with Crippen LogP contribution in [0, 0.1) is 0 Å². The van der Waals surface area contributed by atoms with Gasteiger partial charge in [-0.15, -0.1) is 0 Å². The first-order chi connectivity index (χ1) is 8.66. The Labute approximate surface area is 105 Å².